The van der Waals surface area contributed by atoms with Gasteiger partial charge in [0.25, 0.3) is 0 Å². The minimum absolute atomic E-state index is 0.822. The van der Waals surface area contributed by atoms with E-state index in [1.54, 1.807) is 0 Å². The maximum atomic E-state index is 2.44. The van der Waals surface area contributed by atoms with E-state index in [2.05, 4.69) is 39.8 Å². The largest absolute Gasteiger partial charge is 0.0885 e. The highest BCUT2D eigenvalue weighted by atomic mass is 14.4. The lowest BCUT2D eigenvalue weighted by Gasteiger charge is -2.16. The maximum absolute atomic E-state index is 2.44. The summed E-state index contributed by atoms with van der Waals surface area (Å²) in [5, 5.41) is 0. The van der Waals surface area contributed by atoms with Gasteiger partial charge in [-0.15, -0.1) is 0 Å². The zero-order valence-electron chi connectivity index (χ0n) is 8.88. The summed E-state index contributed by atoms with van der Waals surface area (Å²) >= 11 is 0. The van der Waals surface area contributed by atoms with Gasteiger partial charge in [0.2, 0.25) is 0 Å². The van der Waals surface area contributed by atoms with Gasteiger partial charge in [-0.05, 0) is 36.5 Å². The molecule has 0 aromatic rings. The van der Waals surface area contributed by atoms with E-state index in [1.165, 1.54) is 12.8 Å². The van der Waals surface area contributed by atoms with Gasteiger partial charge in [-0.3, -0.25) is 0 Å². The Kier molecular flexibility index (Phi) is 3.37. The zero-order valence-corrected chi connectivity index (χ0v) is 8.88. The first kappa shape index (κ1) is 9.83. The fourth-order valence-electron chi connectivity index (χ4n) is 2.04. The van der Waals surface area contributed by atoms with E-state index >= 15 is 0 Å². The quantitative estimate of drug-likeness (QED) is 0.556. The first-order chi connectivity index (χ1) is 5.66. The van der Waals surface area contributed by atoms with E-state index in [9.17, 15) is 0 Å². The Morgan fingerprint density at radius 1 is 1.42 bits per heavy atom. The molecule has 1 aliphatic rings. The van der Waals surface area contributed by atoms with Crippen molar-refractivity contribution in [2.24, 2.45) is 23.7 Å². The van der Waals surface area contributed by atoms with E-state index in [0.29, 0.717) is 0 Å². The van der Waals surface area contributed by atoms with Crippen molar-refractivity contribution in [1.29, 1.82) is 0 Å². The second-order valence-electron chi connectivity index (χ2n) is 4.53. The highest BCUT2D eigenvalue weighted by molar-refractivity contribution is 5.00. The van der Waals surface area contributed by atoms with E-state index in [4.69, 9.17) is 0 Å². The average Bonchev–Trinajstić information content (AvgIpc) is 2.67. The summed E-state index contributed by atoms with van der Waals surface area (Å²) in [5.74, 6) is 3.65. The Bertz CT molecular complexity index is 155. The van der Waals surface area contributed by atoms with Crippen LogP contribution in [0.5, 0.6) is 0 Å². The predicted molar refractivity (Wildman–Crippen MR) is 55.0 cm³/mol. The molecule has 1 saturated carbocycles. The molecule has 1 fully saturated rings. The minimum atomic E-state index is 0.822. The molecule has 0 heteroatoms. The molecule has 1 rings (SSSR count). The maximum Gasteiger partial charge on any atom is -0.0179 e. The highest BCUT2D eigenvalue weighted by Crippen LogP contribution is 2.47. The summed E-state index contributed by atoms with van der Waals surface area (Å²) in [6, 6.07) is 0. The molecule has 12 heavy (non-hydrogen) atoms. The molecular weight excluding hydrogens is 144 g/mol. The number of hydrogen-bond acceptors (Lipinski definition) is 0. The van der Waals surface area contributed by atoms with E-state index in [0.717, 1.165) is 23.7 Å². The smallest absolute Gasteiger partial charge is 0.0179 e. The molecule has 0 bridgehead atoms. The molecule has 3 unspecified atom stereocenters. The molecule has 0 heterocycles. The standard InChI is InChI=1S/C12H22/c1-5-6-7-11(9(2)3)12-8-10(12)4/h6-7,9-12H,5,8H2,1-4H3. The van der Waals surface area contributed by atoms with Gasteiger partial charge in [-0.2, -0.15) is 0 Å². The molecular formula is C12H22. The van der Waals surface area contributed by atoms with Crippen LogP contribution in [0.1, 0.15) is 40.5 Å². The number of hydrogen-bond donors (Lipinski definition) is 0. The van der Waals surface area contributed by atoms with Crippen LogP contribution in [0.4, 0.5) is 0 Å². The highest BCUT2D eigenvalue weighted by Gasteiger charge is 2.39. The monoisotopic (exact) mass is 166 g/mol. The Balaban J connectivity index is 2.44. The summed E-state index contributed by atoms with van der Waals surface area (Å²) in [5.41, 5.74) is 0. The average molecular weight is 166 g/mol. The normalized spacial score (nSPS) is 31.4. The van der Waals surface area contributed by atoms with Crippen molar-refractivity contribution < 1.29 is 0 Å². The number of allylic oxidation sites excluding steroid dienone is 2. The van der Waals surface area contributed by atoms with Crippen LogP contribution in [-0.4, -0.2) is 0 Å². The summed E-state index contributed by atoms with van der Waals surface area (Å²) in [6.07, 6.45) is 7.41. The molecule has 0 spiro atoms. The minimum Gasteiger partial charge on any atom is -0.0885 e. The van der Waals surface area contributed by atoms with Crippen LogP contribution < -0.4 is 0 Å². The third kappa shape index (κ3) is 2.36. The molecule has 0 aromatic heterocycles. The Hall–Kier alpha value is -0.260. The number of rotatable bonds is 4. The second kappa shape index (κ2) is 4.11. The summed E-state index contributed by atoms with van der Waals surface area (Å²) < 4.78 is 0. The SMILES string of the molecule is CCC=CC(C(C)C)C1CC1C. The van der Waals surface area contributed by atoms with E-state index < -0.39 is 0 Å². The van der Waals surface area contributed by atoms with Gasteiger partial charge in [0, 0.05) is 0 Å². The predicted octanol–water partition coefficient (Wildman–Crippen LogP) is 3.88. The molecule has 70 valence electrons. The van der Waals surface area contributed by atoms with Crippen LogP contribution in [0.25, 0.3) is 0 Å². The lowest BCUT2D eigenvalue weighted by Crippen LogP contribution is -2.08. The van der Waals surface area contributed by atoms with Crippen LogP contribution in [0.15, 0.2) is 12.2 Å². The zero-order chi connectivity index (χ0) is 9.14. The second-order valence-corrected chi connectivity index (χ2v) is 4.53. The molecule has 0 saturated heterocycles. The Labute approximate surface area is 77.1 Å². The summed E-state index contributed by atoms with van der Waals surface area (Å²) in [6.45, 7) is 9.27. The fourth-order valence-corrected chi connectivity index (χ4v) is 2.04. The molecule has 0 amide bonds. The topological polar surface area (TPSA) is 0 Å². The Morgan fingerprint density at radius 2 is 2.00 bits per heavy atom. The van der Waals surface area contributed by atoms with Gasteiger partial charge >= 0.3 is 0 Å². The van der Waals surface area contributed by atoms with Crippen LogP contribution >= 0.6 is 0 Å². The third-order valence-electron chi connectivity index (χ3n) is 3.03. The van der Waals surface area contributed by atoms with Crippen molar-refractivity contribution in [2.45, 2.75) is 40.5 Å². The van der Waals surface area contributed by atoms with Crippen molar-refractivity contribution in [3.05, 3.63) is 12.2 Å². The molecule has 0 aliphatic heterocycles. The summed E-state index contributed by atoms with van der Waals surface area (Å²) in [4.78, 5) is 0. The van der Waals surface area contributed by atoms with Gasteiger partial charge in [0.05, 0.1) is 0 Å². The van der Waals surface area contributed by atoms with Gasteiger partial charge < -0.3 is 0 Å². The van der Waals surface area contributed by atoms with Crippen molar-refractivity contribution >= 4 is 0 Å². The van der Waals surface area contributed by atoms with E-state index in [-0.39, 0.29) is 0 Å². The van der Waals surface area contributed by atoms with Crippen molar-refractivity contribution in [2.75, 3.05) is 0 Å². The third-order valence-corrected chi connectivity index (χ3v) is 3.03. The lowest BCUT2D eigenvalue weighted by atomic mass is 9.89. The molecule has 1 aliphatic carbocycles. The molecule has 0 aromatic carbocycles. The molecule has 0 N–H and O–H groups in total. The van der Waals surface area contributed by atoms with Gasteiger partial charge in [0.1, 0.15) is 0 Å². The van der Waals surface area contributed by atoms with Crippen molar-refractivity contribution in [3.63, 3.8) is 0 Å². The first-order valence-electron chi connectivity index (χ1n) is 5.33. The van der Waals surface area contributed by atoms with Crippen LogP contribution in [-0.2, 0) is 0 Å². The summed E-state index contributed by atoms with van der Waals surface area (Å²) in [7, 11) is 0. The Morgan fingerprint density at radius 3 is 2.33 bits per heavy atom. The molecule has 0 nitrogen and oxygen atoms in total. The molecule has 3 atom stereocenters. The van der Waals surface area contributed by atoms with Crippen LogP contribution in [0.2, 0.25) is 0 Å². The van der Waals surface area contributed by atoms with Crippen molar-refractivity contribution in [1.82, 2.24) is 0 Å². The van der Waals surface area contributed by atoms with E-state index in [1.807, 2.05) is 0 Å². The van der Waals surface area contributed by atoms with Gasteiger partial charge in [-0.1, -0.05) is 39.8 Å². The van der Waals surface area contributed by atoms with Gasteiger partial charge in [-0.25, -0.2) is 0 Å². The van der Waals surface area contributed by atoms with Crippen LogP contribution in [0, 0.1) is 23.7 Å². The fraction of sp³-hybridized carbons (Fsp3) is 0.833. The lowest BCUT2D eigenvalue weighted by molar-refractivity contribution is 0.401. The first-order valence-corrected chi connectivity index (χ1v) is 5.33. The molecule has 0 radical (unpaired) electrons. The van der Waals surface area contributed by atoms with Crippen molar-refractivity contribution in [3.8, 4) is 0 Å². The van der Waals surface area contributed by atoms with Crippen LogP contribution in [0.3, 0.4) is 0 Å². The van der Waals surface area contributed by atoms with Gasteiger partial charge in [0.15, 0.2) is 0 Å².